The van der Waals surface area contributed by atoms with Crippen molar-refractivity contribution < 1.29 is 9.50 Å². The maximum Gasteiger partial charge on any atom is 0.166 e. The molecule has 0 radical (unpaired) electrons. The normalized spacial score (nSPS) is 18.6. The lowest BCUT2D eigenvalue weighted by atomic mass is 9.79. The van der Waals surface area contributed by atoms with Crippen LogP contribution in [0.1, 0.15) is 32.3 Å². The van der Waals surface area contributed by atoms with Crippen LogP contribution < -0.4 is 5.73 Å². The molecule has 3 N–H and O–H groups in total. The molecule has 16 heavy (non-hydrogen) atoms. The van der Waals surface area contributed by atoms with Gasteiger partial charge in [-0.05, 0) is 38.8 Å². The Bertz CT molecular complexity index is 435. The van der Waals surface area contributed by atoms with E-state index in [0.29, 0.717) is 10.0 Å². The van der Waals surface area contributed by atoms with Gasteiger partial charge in [-0.15, -0.1) is 0 Å². The second kappa shape index (κ2) is 3.44. The molecule has 4 heteroatoms. The molecule has 0 bridgehead atoms. The van der Waals surface area contributed by atoms with E-state index in [1.165, 1.54) is 6.07 Å². The van der Waals surface area contributed by atoms with Gasteiger partial charge in [0.1, 0.15) is 0 Å². The maximum atomic E-state index is 13.5. The van der Waals surface area contributed by atoms with Gasteiger partial charge in [0.15, 0.2) is 11.6 Å². The van der Waals surface area contributed by atoms with Gasteiger partial charge >= 0.3 is 0 Å². The average Bonchev–Trinajstić information content (AvgIpc) is 2.90. The summed E-state index contributed by atoms with van der Waals surface area (Å²) in [5.41, 5.74) is 5.99. The first-order chi connectivity index (χ1) is 7.28. The van der Waals surface area contributed by atoms with Gasteiger partial charge in [0.25, 0.3) is 0 Å². The van der Waals surface area contributed by atoms with Crippen molar-refractivity contribution in [3.8, 4) is 5.75 Å². The third-order valence-corrected chi connectivity index (χ3v) is 3.98. The molecular formula is C12H15BrFNO. The molecule has 1 aromatic rings. The molecule has 2 rings (SSSR count). The van der Waals surface area contributed by atoms with Gasteiger partial charge in [-0.3, -0.25) is 0 Å². The number of hydrogen-bond donors (Lipinski definition) is 2. The molecule has 0 saturated heterocycles. The van der Waals surface area contributed by atoms with Gasteiger partial charge in [-0.25, -0.2) is 4.39 Å². The fourth-order valence-corrected chi connectivity index (χ4v) is 2.75. The SMILES string of the molecule is CC(C)(N)C1(c2cc(Br)cc(F)c2O)CC1. The van der Waals surface area contributed by atoms with Crippen molar-refractivity contribution in [3.63, 3.8) is 0 Å². The van der Waals surface area contributed by atoms with E-state index in [4.69, 9.17) is 5.73 Å². The molecule has 1 aromatic carbocycles. The highest BCUT2D eigenvalue weighted by atomic mass is 79.9. The highest BCUT2D eigenvalue weighted by Gasteiger charge is 2.55. The van der Waals surface area contributed by atoms with Gasteiger partial charge in [0.2, 0.25) is 0 Å². The molecule has 2 nitrogen and oxygen atoms in total. The van der Waals surface area contributed by atoms with Crippen molar-refractivity contribution >= 4 is 15.9 Å². The first kappa shape index (κ1) is 11.9. The molecule has 0 atom stereocenters. The van der Waals surface area contributed by atoms with E-state index >= 15 is 0 Å². The van der Waals surface area contributed by atoms with E-state index in [2.05, 4.69) is 15.9 Å². The lowest BCUT2D eigenvalue weighted by Gasteiger charge is -2.31. The van der Waals surface area contributed by atoms with Crippen molar-refractivity contribution in [1.29, 1.82) is 0 Å². The van der Waals surface area contributed by atoms with Crippen LogP contribution in [-0.2, 0) is 5.41 Å². The summed E-state index contributed by atoms with van der Waals surface area (Å²) in [6.07, 6.45) is 1.78. The fourth-order valence-electron chi connectivity index (χ4n) is 2.32. The van der Waals surface area contributed by atoms with Gasteiger partial charge in [-0.1, -0.05) is 15.9 Å². The van der Waals surface area contributed by atoms with Crippen LogP contribution in [-0.4, -0.2) is 10.6 Å². The van der Waals surface area contributed by atoms with Crippen molar-refractivity contribution in [2.75, 3.05) is 0 Å². The minimum Gasteiger partial charge on any atom is -0.505 e. The number of hydrogen-bond acceptors (Lipinski definition) is 2. The van der Waals surface area contributed by atoms with Gasteiger partial charge in [-0.2, -0.15) is 0 Å². The summed E-state index contributed by atoms with van der Waals surface area (Å²) in [6.45, 7) is 3.83. The van der Waals surface area contributed by atoms with Crippen LogP contribution >= 0.6 is 15.9 Å². The Hall–Kier alpha value is -0.610. The van der Waals surface area contributed by atoms with Crippen molar-refractivity contribution in [2.24, 2.45) is 5.73 Å². The predicted molar refractivity (Wildman–Crippen MR) is 64.9 cm³/mol. The summed E-state index contributed by atoms with van der Waals surface area (Å²) in [4.78, 5) is 0. The summed E-state index contributed by atoms with van der Waals surface area (Å²) in [5, 5.41) is 9.81. The maximum absolute atomic E-state index is 13.5. The van der Waals surface area contributed by atoms with Crippen molar-refractivity contribution in [2.45, 2.75) is 37.6 Å². The van der Waals surface area contributed by atoms with Crippen molar-refractivity contribution in [3.05, 3.63) is 28.0 Å². The van der Waals surface area contributed by atoms with Crippen LogP contribution in [0, 0.1) is 5.82 Å². The Morgan fingerprint density at radius 3 is 2.44 bits per heavy atom. The van der Waals surface area contributed by atoms with Crippen molar-refractivity contribution in [1.82, 2.24) is 0 Å². The number of halogens is 2. The number of phenols is 1. The molecule has 0 heterocycles. The molecule has 0 amide bonds. The zero-order valence-electron chi connectivity index (χ0n) is 9.35. The summed E-state index contributed by atoms with van der Waals surface area (Å²) in [7, 11) is 0. The predicted octanol–water partition coefficient (Wildman–Crippen LogP) is 3.06. The van der Waals surface area contributed by atoms with E-state index in [9.17, 15) is 9.50 Å². The first-order valence-corrected chi connectivity index (χ1v) is 6.05. The molecule has 1 aliphatic carbocycles. The number of rotatable bonds is 2. The third kappa shape index (κ3) is 1.64. The van der Waals surface area contributed by atoms with E-state index in [0.717, 1.165) is 12.8 Å². The molecule has 0 spiro atoms. The van der Waals surface area contributed by atoms with Crippen LogP contribution in [0.2, 0.25) is 0 Å². The van der Waals surface area contributed by atoms with Crippen LogP contribution in [0.15, 0.2) is 16.6 Å². The number of nitrogens with two attached hydrogens (primary N) is 1. The van der Waals surface area contributed by atoms with E-state index in [1.807, 2.05) is 13.8 Å². The summed E-state index contributed by atoms with van der Waals surface area (Å²) in [6, 6.07) is 3.03. The molecule has 1 aliphatic rings. The summed E-state index contributed by atoms with van der Waals surface area (Å²) >= 11 is 3.24. The molecule has 0 aliphatic heterocycles. The number of phenolic OH excluding ortho intramolecular Hbond substituents is 1. The largest absolute Gasteiger partial charge is 0.505 e. The van der Waals surface area contributed by atoms with E-state index in [1.54, 1.807) is 6.07 Å². The highest BCUT2D eigenvalue weighted by Crippen LogP contribution is 2.57. The van der Waals surface area contributed by atoms with Gasteiger partial charge in [0.05, 0.1) is 0 Å². The summed E-state index contributed by atoms with van der Waals surface area (Å²) in [5.74, 6) is -0.862. The van der Waals surface area contributed by atoms with Gasteiger partial charge < -0.3 is 10.8 Å². The third-order valence-electron chi connectivity index (χ3n) is 3.53. The average molecular weight is 288 g/mol. The van der Waals surface area contributed by atoms with Crippen LogP contribution in [0.3, 0.4) is 0 Å². The lowest BCUT2D eigenvalue weighted by molar-refractivity contribution is 0.361. The fraction of sp³-hybridized carbons (Fsp3) is 0.500. The van der Waals surface area contributed by atoms with E-state index in [-0.39, 0.29) is 11.2 Å². The Morgan fingerprint density at radius 1 is 1.44 bits per heavy atom. The Morgan fingerprint density at radius 2 is 2.00 bits per heavy atom. The number of benzene rings is 1. The minimum absolute atomic E-state index is 0.265. The van der Waals surface area contributed by atoms with Gasteiger partial charge in [0, 0.05) is 21.0 Å². The quantitative estimate of drug-likeness (QED) is 0.878. The van der Waals surface area contributed by atoms with Crippen LogP contribution in [0.4, 0.5) is 4.39 Å². The summed E-state index contributed by atoms with van der Waals surface area (Å²) < 4.78 is 14.1. The topological polar surface area (TPSA) is 46.2 Å². The Balaban J connectivity index is 2.57. The molecule has 1 fully saturated rings. The van der Waals surface area contributed by atoms with Crippen LogP contribution in [0.5, 0.6) is 5.75 Å². The molecule has 88 valence electrons. The zero-order valence-corrected chi connectivity index (χ0v) is 10.9. The standard InChI is InChI=1S/C12H15BrFNO/c1-11(2,15)12(3-4-12)8-5-7(13)6-9(14)10(8)16/h5-6,16H,3-4,15H2,1-2H3. The monoisotopic (exact) mass is 287 g/mol. The second-order valence-electron chi connectivity index (χ2n) is 5.09. The molecule has 0 aromatic heterocycles. The van der Waals surface area contributed by atoms with Crippen LogP contribution in [0.25, 0.3) is 0 Å². The minimum atomic E-state index is -0.597. The van der Waals surface area contributed by atoms with E-state index < -0.39 is 11.4 Å². The molecular weight excluding hydrogens is 273 g/mol. The first-order valence-electron chi connectivity index (χ1n) is 5.25. The zero-order chi connectivity index (χ0) is 12.1. The lowest BCUT2D eigenvalue weighted by Crippen LogP contribution is -2.45. The molecule has 1 saturated carbocycles. The highest BCUT2D eigenvalue weighted by molar-refractivity contribution is 9.10. The number of aromatic hydroxyl groups is 1. The second-order valence-corrected chi connectivity index (χ2v) is 6.00. The Labute approximate surface area is 103 Å². The smallest absolute Gasteiger partial charge is 0.166 e. The Kier molecular flexibility index (Phi) is 2.55. The molecule has 0 unspecified atom stereocenters.